The Hall–Kier alpha value is -2.80. The van der Waals surface area contributed by atoms with E-state index in [4.69, 9.17) is 4.74 Å². The van der Waals surface area contributed by atoms with Gasteiger partial charge in [0.2, 0.25) is 5.91 Å². The number of thioether (sulfide) groups is 1. The minimum absolute atomic E-state index is 0.236. The number of hydrogen-bond donors (Lipinski definition) is 2. The van der Waals surface area contributed by atoms with Crippen molar-refractivity contribution in [3.05, 3.63) is 54.1 Å². The average Bonchev–Trinajstić information content (AvgIpc) is 2.91. The fourth-order valence-electron chi connectivity index (χ4n) is 2.77. The summed E-state index contributed by atoms with van der Waals surface area (Å²) in [4.78, 5) is 34.9. The van der Waals surface area contributed by atoms with Crippen LogP contribution < -0.4 is 10.6 Å². The highest BCUT2D eigenvalue weighted by atomic mass is 32.2. The van der Waals surface area contributed by atoms with E-state index in [1.807, 2.05) is 63.2 Å². The molecule has 2 N–H and O–H groups in total. The van der Waals surface area contributed by atoms with Crippen molar-refractivity contribution in [1.29, 1.82) is 0 Å². The minimum Gasteiger partial charge on any atom is -0.444 e. The second kappa shape index (κ2) is 8.06. The fraction of sp³-hybridized carbons (Fsp3) is 0.286. The largest absolute Gasteiger partial charge is 0.444 e. The van der Waals surface area contributed by atoms with Crippen molar-refractivity contribution in [2.75, 3.05) is 5.32 Å². The lowest BCUT2D eigenvalue weighted by Gasteiger charge is -2.19. The van der Waals surface area contributed by atoms with E-state index in [1.54, 1.807) is 6.07 Å². The predicted octanol–water partition coefficient (Wildman–Crippen LogP) is 4.59. The van der Waals surface area contributed by atoms with Crippen LogP contribution in [0.2, 0.25) is 0 Å². The molecule has 2 aromatic carbocycles. The van der Waals surface area contributed by atoms with E-state index in [9.17, 15) is 14.4 Å². The van der Waals surface area contributed by atoms with E-state index in [0.717, 1.165) is 28.5 Å². The van der Waals surface area contributed by atoms with Crippen LogP contribution in [-0.2, 0) is 16.0 Å². The van der Waals surface area contributed by atoms with Crippen molar-refractivity contribution in [3.8, 4) is 11.1 Å². The number of benzene rings is 2. The van der Waals surface area contributed by atoms with Crippen LogP contribution in [0.25, 0.3) is 11.1 Å². The summed E-state index contributed by atoms with van der Waals surface area (Å²) >= 11 is 1.03. The highest BCUT2D eigenvalue weighted by Crippen LogP contribution is 2.26. The SMILES string of the molecule is CC(C)(C)OC(=O)Nc1cccc(-c2ccc(CC3SC(=O)NC3=O)cc2)c1. The lowest BCUT2D eigenvalue weighted by Crippen LogP contribution is -2.27. The van der Waals surface area contributed by atoms with Crippen LogP contribution in [0.4, 0.5) is 15.3 Å². The summed E-state index contributed by atoms with van der Waals surface area (Å²) in [6.45, 7) is 5.44. The first-order valence-corrected chi connectivity index (χ1v) is 9.78. The first kappa shape index (κ1) is 19.9. The van der Waals surface area contributed by atoms with E-state index in [-0.39, 0.29) is 16.4 Å². The van der Waals surface area contributed by atoms with Gasteiger partial charge in [-0.25, -0.2) is 4.79 Å². The van der Waals surface area contributed by atoms with E-state index < -0.39 is 11.7 Å². The molecule has 0 saturated carbocycles. The molecule has 7 heteroatoms. The molecule has 1 atom stereocenters. The van der Waals surface area contributed by atoms with Gasteiger partial charge in [-0.2, -0.15) is 0 Å². The summed E-state index contributed by atoms with van der Waals surface area (Å²) in [5, 5.41) is 4.37. The zero-order valence-electron chi connectivity index (χ0n) is 15.9. The molecule has 146 valence electrons. The van der Waals surface area contributed by atoms with Crippen molar-refractivity contribution in [2.24, 2.45) is 0 Å². The highest BCUT2D eigenvalue weighted by Gasteiger charge is 2.31. The summed E-state index contributed by atoms with van der Waals surface area (Å²) in [6.07, 6.45) is 0.00448. The molecule has 0 aromatic heterocycles. The van der Waals surface area contributed by atoms with Crippen molar-refractivity contribution < 1.29 is 19.1 Å². The second-order valence-electron chi connectivity index (χ2n) is 7.49. The minimum atomic E-state index is -0.559. The van der Waals surface area contributed by atoms with Gasteiger partial charge in [0, 0.05) is 5.69 Å². The fourth-order valence-corrected chi connectivity index (χ4v) is 3.63. The summed E-state index contributed by atoms with van der Waals surface area (Å²) in [7, 11) is 0. The summed E-state index contributed by atoms with van der Waals surface area (Å²) < 4.78 is 5.27. The Labute approximate surface area is 168 Å². The first-order chi connectivity index (χ1) is 13.2. The maximum atomic E-state index is 11.9. The molecule has 0 spiro atoms. The Balaban J connectivity index is 1.67. The number of carbonyl (C=O) groups is 3. The van der Waals surface area contributed by atoms with Gasteiger partial charge in [0.1, 0.15) is 5.60 Å². The second-order valence-corrected chi connectivity index (χ2v) is 8.67. The van der Waals surface area contributed by atoms with Crippen LogP contribution in [0.3, 0.4) is 0 Å². The van der Waals surface area contributed by atoms with Crippen LogP contribution in [0.5, 0.6) is 0 Å². The van der Waals surface area contributed by atoms with Gasteiger partial charge in [-0.05, 0) is 56.0 Å². The molecule has 1 aliphatic rings. The molecule has 0 aliphatic carbocycles. The number of anilines is 1. The van der Waals surface area contributed by atoms with E-state index >= 15 is 0 Å². The van der Waals surface area contributed by atoms with Gasteiger partial charge in [0.05, 0.1) is 5.25 Å². The Kier molecular flexibility index (Phi) is 5.74. The molecule has 28 heavy (non-hydrogen) atoms. The molecule has 1 heterocycles. The Morgan fingerprint density at radius 3 is 2.43 bits per heavy atom. The molecule has 0 radical (unpaired) electrons. The van der Waals surface area contributed by atoms with Crippen LogP contribution in [0.1, 0.15) is 26.3 Å². The van der Waals surface area contributed by atoms with Gasteiger partial charge in [0.25, 0.3) is 5.24 Å². The highest BCUT2D eigenvalue weighted by molar-refractivity contribution is 8.15. The topological polar surface area (TPSA) is 84.5 Å². The quantitative estimate of drug-likeness (QED) is 0.787. The molecule has 0 bridgehead atoms. The number of amides is 3. The third kappa shape index (κ3) is 5.36. The lowest BCUT2D eigenvalue weighted by molar-refractivity contribution is -0.118. The van der Waals surface area contributed by atoms with Crippen molar-refractivity contribution in [1.82, 2.24) is 5.32 Å². The zero-order chi connectivity index (χ0) is 20.3. The maximum absolute atomic E-state index is 11.9. The number of nitrogens with one attached hydrogen (secondary N) is 2. The first-order valence-electron chi connectivity index (χ1n) is 8.90. The molecule has 3 amide bonds. The third-order valence-corrected chi connectivity index (χ3v) is 4.96. The maximum Gasteiger partial charge on any atom is 0.412 e. The van der Waals surface area contributed by atoms with Crippen molar-refractivity contribution >= 4 is 34.7 Å². The Morgan fingerprint density at radius 1 is 1.11 bits per heavy atom. The number of rotatable bonds is 4. The molecular weight excluding hydrogens is 376 g/mol. The van der Waals surface area contributed by atoms with Crippen LogP contribution in [-0.4, -0.2) is 28.1 Å². The molecule has 3 rings (SSSR count). The van der Waals surface area contributed by atoms with Crippen LogP contribution in [0, 0.1) is 0 Å². The van der Waals surface area contributed by atoms with Crippen molar-refractivity contribution in [3.63, 3.8) is 0 Å². The molecule has 2 aromatic rings. The van der Waals surface area contributed by atoms with Gasteiger partial charge in [-0.3, -0.25) is 20.2 Å². The van der Waals surface area contributed by atoms with E-state index in [2.05, 4.69) is 10.6 Å². The summed E-state index contributed by atoms with van der Waals surface area (Å²) in [5.74, 6) is -0.236. The Bertz CT molecular complexity index is 903. The van der Waals surface area contributed by atoms with Crippen LogP contribution in [0.15, 0.2) is 48.5 Å². The normalized spacial score (nSPS) is 16.6. The number of hydrogen-bond acceptors (Lipinski definition) is 5. The summed E-state index contributed by atoms with van der Waals surface area (Å²) in [6, 6.07) is 15.3. The third-order valence-electron chi connectivity index (χ3n) is 3.98. The van der Waals surface area contributed by atoms with Gasteiger partial charge in [-0.1, -0.05) is 48.2 Å². The number of ether oxygens (including phenoxy) is 1. The van der Waals surface area contributed by atoms with Gasteiger partial charge in [-0.15, -0.1) is 0 Å². The lowest BCUT2D eigenvalue weighted by atomic mass is 10.0. The standard InChI is InChI=1S/C21H22N2O4S/c1-21(2,3)27-19(25)22-16-6-4-5-15(12-16)14-9-7-13(8-10-14)11-17-18(24)23-20(26)28-17/h4-10,12,17H,11H2,1-3H3,(H,22,25)(H,23,24,26). The molecule has 1 unspecified atom stereocenters. The Morgan fingerprint density at radius 2 is 1.82 bits per heavy atom. The monoisotopic (exact) mass is 398 g/mol. The molecular formula is C21H22N2O4S. The van der Waals surface area contributed by atoms with Gasteiger partial charge < -0.3 is 4.74 Å². The van der Waals surface area contributed by atoms with Crippen LogP contribution >= 0.6 is 11.8 Å². The number of carbonyl (C=O) groups excluding carboxylic acids is 3. The smallest absolute Gasteiger partial charge is 0.412 e. The molecule has 1 fully saturated rings. The van der Waals surface area contributed by atoms with Gasteiger partial charge in [0.15, 0.2) is 0 Å². The molecule has 1 aliphatic heterocycles. The predicted molar refractivity (Wildman–Crippen MR) is 110 cm³/mol. The number of imide groups is 1. The summed E-state index contributed by atoms with van der Waals surface area (Å²) in [5.41, 5.74) is 3.00. The average molecular weight is 398 g/mol. The van der Waals surface area contributed by atoms with E-state index in [0.29, 0.717) is 12.1 Å². The van der Waals surface area contributed by atoms with Gasteiger partial charge >= 0.3 is 6.09 Å². The molecule has 1 saturated heterocycles. The van der Waals surface area contributed by atoms with Crippen molar-refractivity contribution in [2.45, 2.75) is 38.0 Å². The van der Waals surface area contributed by atoms with E-state index in [1.165, 1.54) is 0 Å². The molecule has 6 nitrogen and oxygen atoms in total. The zero-order valence-corrected chi connectivity index (χ0v) is 16.8.